The molecule has 0 heterocycles. The van der Waals surface area contributed by atoms with Crippen LogP contribution in [-0.2, 0) is 4.79 Å². The van der Waals surface area contributed by atoms with Crippen molar-refractivity contribution in [2.45, 2.75) is 6.04 Å². The maximum Gasteiger partial charge on any atom is 0.131 e. The molecule has 0 amide bonds. The largest absolute Gasteiger partial charge is 0.395 e. The van der Waals surface area contributed by atoms with E-state index in [1.54, 1.807) is 0 Å². The topological polar surface area (TPSA) is 86.1 Å². The molecule has 0 aliphatic heterocycles. The molecule has 0 aromatic heterocycles. The van der Waals surface area contributed by atoms with E-state index >= 15 is 0 Å². The van der Waals surface area contributed by atoms with Crippen LogP contribution in [0.1, 0.15) is 0 Å². The number of nitrogens with zero attached hydrogens (tertiary/aromatic N) is 3. The molecule has 0 rings (SSSR count). The normalized spacial score (nSPS) is 11.6. The zero-order valence-electron chi connectivity index (χ0n) is 4.06. The lowest BCUT2D eigenvalue weighted by atomic mass is 10.4. The molecule has 0 aromatic rings. The van der Waals surface area contributed by atoms with E-state index in [1.807, 2.05) is 0 Å². The number of azide groups is 1. The van der Waals surface area contributed by atoms with Crippen LogP contribution in [0, 0.1) is 0 Å². The predicted octanol–water partition coefficient (Wildman–Crippen LogP) is -0.143. The molecule has 0 aromatic carbocycles. The van der Waals surface area contributed by atoms with E-state index in [0.29, 0.717) is 6.29 Å². The van der Waals surface area contributed by atoms with Gasteiger partial charge in [-0.05, 0) is 5.53 Å². The van der Waals surface area contributed by atoms with Gasteiger partial charge in [0.2, 0.25) is 0 Å². The number of carbonyl (C=O) groups excluding carboxylic acids is 1. The second-order valence-electron chi connectivity index (χ2n) is 1.09. The molecule has 0 radical (unpaired) electrons. The van der Waals surface area contributed by atoms with Gasteiger partial charge < -0.3 is 9.90 Å². The summed E-state index contributed by atoms with van der Waals surface area (Å²) in [6.45, 7) is -0.423. The molecule has 0 aliphatic rings. The summed E-state index contributed by atoms with van der Waals surface area (Å²) in [7, 11) is 0. The Bertz CT molecular complexity index is 118. The van der Waals surface area contributed by atoms with Gasteiger partial charge in [-0.1, -0.05) is 5.11 Å². The van der Waals surface area contributed by atoms with E-state index in [1.165, 1.54) is 0 Å². The van der Waals surface area contributed by atoms with Crippen molar-refractivity contribution >= 4 is 6.29 Å². The van der Waals surface area contributed by atoms with Crippen LogP contribution in [0.25, 0.3) is 10.4 Å². The van der Waals surface area contributed by atoms with Crippen molar-refractivity contribution in [3.63, 3.8) is 0 Å². The summed E-state index contributed by atoms with van der Waals surface area (Å²) in [6.07, 6.45) is 0.389. The zero-order chi connectivity index (χ0) is 6.41. The van der Waals surface area contributed by atoms with Gasteiger partial charge >= 0.3 is 0 Å². The number of aliphatic hydroxyl groups excluding tert-OH is 1. The molecule has 0 spiro atoms. The van der Waals surface area contributed by atoms with Gasteiger partial charge in [0.15, 0.2) is 0 Å². The molecule has 1 unspecified atom stereocenters. The van der Waals surface area contributed by atoms with Gasteiger partial charge in [0.05, 0.1) is 6.61 Å². The van der Waals surface area contributed by atoms with Crippen molar-refractivity contribution in [3.05, 3.63) is 10.4 Å². The third-order valence-electron chi connectivity index (χ3n) is 0.544. The first-order chi connectivity index (χ1) is 3.85. The van der Waals surface area contributed by atoms with Crippen molar-refractivity contribution < 1.29 is 9.90 Å². The molecule has 0 saturated carbocycles. The lowest BCUT2D eigenvalue weighted by Crippen LogP contribution is -2.09. The number of hydrogen-bond acceptors (Lipinski definition) is 3. The van der Waals surface area contributed by atoms with Crippen LogP contribution in [0.2, 0.25) is 0 Å². The monoisotopic (exact) mass is 115 g/mol. The van der Waals surface area contributed by atoms with Crippen LogP contribution < -0.4 is 0 Å². The summed E-state index contributed by atoms with van der Waals surface area (Å²) in [6, 6.07) is -0.917. The van der Waals surface area contributed by atoms with E-state index in [4.69, 9.17) is 10.6 Å². The van der Waals surface area contributed by atoms with Crippen molar-refractivity contribution in [2.75, 3.05) is 6.61 Å². The smallest absolute Gasteiger partial charge is 0.131 e. The van der Waals surface area contributed by atoms with Crippen LogP contribution >= 0.6 is 0 Å². The highest BCUT2D eigenvalue weighted by Crippen LogP contribution is 1.82. The molecule has 0 bridgehead atoms. The third kappa shape index (κ3) is 2.17. The van der Waals surface area contributed by atoms with Gasteiger partial charge in [0.25, 0.3) is 0 Å². The average molecular weight is 115 g/mol. The highest BCUT2D eigenvalue weighted by molar-refractivity contribution is 5.57. The minimum Gasteiger partial charge on any atom is -0.395 e. The number of aldehydes is 1. The fraction of sp³-hybridized carbons (Fsp3) is 0.667. The van der Waals surface area contributed by atoms with Crippen LogP contribution in [0.15, 0.2) is 5.11 Å². The van der Waals surface area contributed by atoms with Gasteiger partial charge in [0.1, 0.15) is 12.3 Å². The summed E-state index contributed by atoms with van der Waals surface area (Å²) in [5.74, 6) is 0. The molecule has 44 valence electrons. The number of hydrogen-bond donors (Lipinski definition) is 1. The molecule has 5 heteroatoms. The van der Waals surface area contributed by atoms with Crippen molar-refractivity contribution in [1.29, 1.82) is 0 Å². The molecular formula is C3H5N3O2. The Labute approximate surface area is 45.6 Å². The fourth-order valence-electron chi connectivity index (χ4n) is 0.173. The van der Waals surface area contributed by atoms with Gasteiger partial charge in [0, 0.05) is 4.91 Å². The second-order valence-corrected chi connectivity index (χ2v) is 1.09. The molecule has 8 heavy (non-hydrogen) atoms. The highest BCUT2D eigenvalue weighted by atomic mass is 16.3. The van der Waals surface area contributed by atoms with Gasteiger partial charge in [-0.3, -0.25) is 0 Å². The van der Waals surface area contributed by atoms with Crippen LogP contribution in [0.4, 0.5) is 0 Å². The number of carbonyl (C=O) groups is 1. The van der Waals surface area contributed by atoms with Gasteiger partial charge in [-0.25, -0.2) is 0 Å². The number of rotatable bonds is 3. The first-order valence-electron chi connectivity index (χ1n) is 1.95. The van der Waals surface area contributed by atoms with Crippen LogP contribution in [0.5, 0.6) is 0 Å². The molecule has 0 fully saturated rings. The molecular weight excluding hydrogens is 110 g/mol. The summed E-state index contributed by atoms with van der Waals surface area (Å²) < 4.78 is 0. The van der Waals surface area contributed by atoms with Crippen molar-refractivity contribution in [3.8, 4) is 0 Å². The van der Waals surface area contributed by atoms with E-state index < -0.39 is 12.6 Å². The Hall–Kier alpha value is -1.06. The summed E-state index contributed by atoms with van der Waals surface area (Å²) in [4.78, 5) is 12.0. The Balaban J connectivity index is 3.69. The quantitative estimate of drug-likeness (QED) is 0.240. The SMILES string of the molecule is [N-]=[N+]=NC(C=O)CO. The maximum atomic E-state index is 9.70. The minimum atomic E-state index is -0.917. The Morgan fingerprint density at radius 3 is 2.75 bits per heavy atom. The summed E-state index contributed by atoms with van der Waals surface area (Å²) in [5.41, 5.74) is 7.69. The van der Waals surface area contributed by atoms with Crippen LogP contribution in [0.3, 0.4) is 0 Å². The minimum absolute atomic E-state index is 0.389. The van der Waals surface area contributed by atoms with E-state index in [-0.39, 0.29) is 0 Å². The van der Waals surface area contributed by atoms with E-state index in [9.17, 15) is 4.79 Å². The van der Waals surface area contributed by atoms with Gasteiger partial charge in [-0.2, -0.15) is 0 Å². The Morgan fingerprint density at radius 2 is 2.62 bits per heavy atom. The molecule has 0 aliphatic carbocycles. The third-order valence-corrected chi connectivity index (χ3v) is 0.544. The summed E-state index contributed by atoms with van der Waals surface area (Å²) >= 11 is 0. The predicted molar refractivity (Wildman–Crippen MR) is 26.1 cm³/mol. The molecule has 1 N–H and O–H groups in total. The summed E-state index contributed by atoms with van der Waals surface area (Å²) in [5, 5.41) is 11.1. The highest BCUT2D eigenvalue weighted by Gasteiger charge is 1.97. The zero-order valence-corrected chi connectivity index (χ0v) is 4.06. The first kappa shape index (κ1) is 6.94. The van der Waals surface area contributed by atoms with Crippen molar-refractivity contribution in [1.82, 2.24) is 0 Å². The molecule has 0 saturated heterocycles. The lowest BCUT2D eigenvalue weighted by molar-refractivity contribution is -0.109. The van der Waals surface area contributed by atoms with E-state index in [2.05, 4.69) is 10.0 Å². The standard InChI is InChI=1S/C3H5N3O2/c4-6-5-3(1-7)2-8/h1,3,8H,2H2. The van der Waals surface area contributed by atoms with Crippen molar-refractivity contribution in [2.24, 2.45) is 5.11 Å². The Kier molecular flexibility index (Phi) is 3.56. The first-order valence-corrected chi connectivity index (χ1v) is 1.95. The van der Waals surface area contributed by atoms with Crippen LogP contribution in [-0.4, -0.2) is 24.0 Å². The Morgan fingerprint density at radius 1 is 2.00 bits per heavy atom. The lowest BCUT2D eigenvalue weighted by Gasteiger charge is -1.90. The fourth-order valence-corrected chi connectivity index (χ4v) is 0.173. The molecule has 1 atom stereocenters. The van der Waals surface area contributed by atoms with Gasteiger partial charge in [-0.15, -0.1) is 0 Å². The maximum absolute atomic E-state index is 9.70. The second kappa shape index (κ2) is 4.11. The number of aliphatic hydroxyl groups is 1. The average Bonchev–Trinajstić information content (AvgIpc) is 1.83. The van der Waals surface area contributed by atoms with E-state index in [0.717, 1.165) is 0 Å². The molecule has 5 nitrogen and oxygen atoms in total.